The van der Waals surface area contributed by atoms with Crippen LogP contribution in [0, 0.1) is 13.8 Å². The number of carbonyl (C=O) groups is 1. The van der Waals surface area contributed by atoms with Gasteiger partial charge in [0.2, 0.25) is 26.0 Å². The van der Waals surface area contributed by atoms with Crippen LogP contribution < -0.4 is 14.8 Å². The summed E-state index contributed by atoms with van der Waals surface area (Å²) in [7, 11) is -7.47. The second-order valence-corrected chi connectivity index (χ2v) is 12.0. The third kappa shape index (κ3) is 8.64. The summed E-state index contributed by atoms with van der Waals surface area (Å²) in [6.45, 7) is 3.97. The molecule has 3 aromatic rings. The van der Waals surface area contributed by atoms with Gasteiger partial charge in [0.1, 0.15) is 0 Å². The number of aryl methyl sites for hydroxylation is 2. The van der Waals surface area contributed by atoms with Crippen molar-refractivity contribution in [3.05, 3.63) is 108 Å². The average Bonchev–Trinajstić information content (AvgIpc) is 2.86. The molecule has 3 N–H and O–H groups in total. The van der Waals surface area contributed by atoms with Crippen LogP contribution in [0.1, 0.15) is 29.2 Å². The topological polar surface area (TPSA) is 121 Å². The molecule has 0 saturated carbocycles. The van der Waals surface area contributed by atoms with Gasteiger partial charge in [-0.2, -0.15) is 0 Å². The Morgan fingerprint density at radius 3 is 1.81 bits per heavy atom. The molecule has 37 heavy (non-hydrogen) atoms. The van der Waals surface area contributed by atoms with Crippen LogP contribution in [0.3, 0.4) is 0 Å². The fourth-order valence-electron chi connectivity index (χ4n) is 3.44. The number of hydrogen-bond acceptors (Lipinski definition) is 5. The van der Waals surface area contributed by atoms with E-state index in [1.54, 1.807) is 60.7 Å². The molecule has 0 spiro atoms. The molecule has 1 atom stereocenters. The van der Waals surface area contributed by atoms with Crippen LogP contribution in [0.2, 0.25) is 0 Å². The summed E-state index contributed by atoms with van der Waals surface area (Å²) >= 11 is 0. The van der Waals surface area contributed by atoms with E-state index in [-0.39, 0.29) is 35.2 Å². The molecule has 3 rings (SSSR count). The number of hydrogen-bond donors (Lipinski definition) is 3. The predicted molar refractivity (Wildman–Crippen MR) is 144 cm³/mol. The van der Waals surface area contributed by atoms with Crippen LogP contribution in [0.5, 0.6) is 0 Å². The molecule has 0 aliphatic carbocycles. The molecule has 1 amide bonds. The third-order valence-electron chi connectivity index (χ3n) is 5.53. The molecule has 0 unspecified atom stereocenters. The molecule has 3 aromatic carbocycles. The van der Waals surface area contributed by atoms with Gasteiger partial charge in [0.15, 0.2) is 0 Å². The number of amides is 1. The summed E-state index contributed by atoms with van der Waals surface area (Å²) in [5.41, 5.74) is 2.57. The highest BCUT2D eigenvalue weighted by Gasteiger charge is 2.23. The fraction of sp³-hybridized carbons (Fsp3) is 0.222. The highest BCUT2D eigenvalue weighted by atomic mass is 32.2. The van der Waals surface area contributed by atoms with Gasteiger partial charge in [0, 0.05) is 19.5 Å². The summed E-state index contributed by atoms with van der Waals surface area (Å²) in [6.07, 6.45) is 3.12. The van der Waals surface area contributed by atoms with Crippen molar-refractivity contribution in [2.45, 2.75) is 36.1 Å². The zero-order chi connectivity index (χ0) is 26.9. The largest absolute Gasteiger partial charge is 0.353 e. The maximum absolute atomic E-state index is 12.9. The van der Waals surface area contributed by atoms with E-state index < -0.39 is 26.1 Å². The molecular weight excluding hydrogens is 510 g/mol. The lowest BCUT2D eigenvalue weighted by molar-refractivity contribution is -0.121. The van der Waals surface area contributed by atoms with Gasteiger partial charge in [-0.05, 0) is 43.7 Å². The van der Waals surface area contributed by atoms with Crippen molar-refractivity contribution in [2.75, 3.05) is 13.1 Å². The van der Waals surface area contributed by atoms with E-state index >= 15 is 0 Å². The van der Waals surface area contributed by atoms with Crippen molar-refractivity contribution in [3.8, 4) is 0 Å². The predicted octanol–water partition coefficient (Wildman–Crippen LogP) is 3.36. The normalized spacial score (nSPS) is 12.9. The zero-order valence-electron chi connectivity index (χ0n) is 20.7. The molecule has 0 aliphatic heterocycles. The van der Waals surface area contributed by atoms with Crippen molar-refractivity contribution >= 4 is 26.0 Å². The Morgan fingerprint density at radius 2 is 1.24 bits per heavy atom. The Labute approximate surface area is 218 Å². The van der Waals surface area contributed by atoms with Gasteiger partial charge >= 0.3 is 0 Å². The number of benzene rings is 3. The highest BCUT2D eigenvalue weighted by molar-refractivity contribution is 7.89. The first kappa shape index (κ1) is 28.3. The van der Waals surface area contributed by atoms with E-state index in [1.807, 2.05) is 19.9 Å². The Hall–Kier alpha value is -3.31. The SMILES string of the molecule is Cc1ccc(S(=O)(=O)NC/C=C/CNC(=O)C[C@H](NS(=O)(=O)c2ccc(C)cc2)c2ccccc2)cc1. The minimum atomic E-state index is -3.85. The number of sulfonamides is 2. The molecule has 0 saturated heterocycles. The smallest absolute Gasteiger partial charge is 0.241 e. The highest BCUT2D eigenvalue weighted by Crippen LogP contribution is 2.21. The molecule has 8 nitrogen and oxygen atoms in total. The molecule has 10 heteroatoms. The summed E-state index contributed by atoms with van der Waals surface area (Å²) in [4.78, 5) is 12.9. The van der Waals surface area contributed by atoms with E-state index in [9.17, 15) is 21.6 Å². The van der Waals surface area contributed by atoms with Crippen molar-refractivity contribution < 1.29 is 21.6 Å². The summed E-state index contributed by atoms with van der Waals surface area (Å²) in [6, 6.07) is 21.1. The lowest BCUT2D eigenvalue weighted by atomic mass is 10.0. The summed E-state index contributed by atoms with van der Waals surface area (Å²) in [5, 5.41) is 2.71. The standard InChI is InChI=1S/C27H31N3O5S2/c1-21-10-14-24(15-11-21)36(32,33)29-19-7-6-18-28-27(31)20-26(23-8-4-3-5-9-23)30-37(34,35)25-16-12-22(2)13-17-25/h3-17,26,29-30H,18-20H2,1-2H3,(H,28,31)/b7-6+/t26-/m0/s1. The molecule has 0 aromatic heterocycles. The van der Waals surface area contributed by atoms with E-state index in [0.29, 0.717) is 5.56 Å². The van der Waals surface area contributed by atoms with Crippen molar-refractivity contribution in [1.82, 2.24) is 14.8 Å². The minimum Gasteiger partial charge on any atom is -0.353 e. The number of rotatable bonds is 12. The molecule has 0 radical (unpaired) electrons. The molecule has 196 valence electrons. The van der Waals surface area contributed by atoms with Crippen molar-refractivity contribution in [1.29, 1.82) is 0 Å². The van der Waals surface area contributed by atoms with Crippen LogP contribution in [0.25, 0.3) is 0 Å². The van der Waals surface area contributed by atoms with Crippen molar-refractivity contribution in [3.63, 3.8) is 0 Å². The second-order valence-electron chi connectivity index (χ2n) is 8.54. The van der Waals surface area contributed by atoms with Gasteiger partial charge in [-0.1, -0.05) is 77.9 Å². The number of carbonyl (C=O) groups excluding carboxylic acids is 1. The van der Waals surface area contributed by atoms with Crippen LogP contribution >= 0.6 is 0 Å². The van der Waals surface area contributed by atoms with Crippen LogP contribution in [0.4, 0.5) is 0 Å². The summed E-state index contributed by atoms with van der Waals surface area (Å²) < 4.78 is 55.6. The number of nitrogens with one attached hydrogen (secondary N) is 3. The zero-order valence-corrected chi connectivity index (χ0v) is 22.3. The Balaban J connectivity index is 1.55. The molecular formula is C27H31N3O5S2. The molecule has 0 fully saturated rings. The van der Waals surface area contributed by atoms with Gasteiger partial charge < -0.3 is 5.32 Å². The first-order valence-corrected chi connectivity index (χ1v) is 14.7. The fourth-order valence-corrected chi connectivity index (χ4v) is 5.64. The van der Waals surface area contributed by atoms with Crippen LogP contribution in [-0.4, -0.2) is 35.8 Å². The van der Waals surface area contributed by atoms with E-state index in [0.717, 1.165) is 11.1 Å². The van der Waals surface area contributed by atoms with Crippen molar-refractivity contribution in [2.24, 2.45) is 0 Å². The van der Waals surface area contributed by atoms with Crippen LogP contribution in [0.15, 0.2) is 101 Å². The van der Waals surface area contributed by atoms with Gasteiger partial charge in [-0.3, -0.25) is 4.79 Å². The van der Waals surface area contributed by atoms with Gasteiger partial charge in [0.05, 0.1) is 15.8 Å². The lowest BCUT2D eigenvalue weighted by Gasteiger charge is -2.19. The second kappa shape index (κ2) is 12.8. The Kier molecular flexibility index (Phi) is 9.76. The average molecular weight is 542 g/mol. The quantitative estimate of drug-likeness (QED) is 0.304. The van der Waals surface area contributed by atoms with Gasteiger partial charge in [-0.15, -0.1) is 0 Å². The lowest BCUT2D eigenvalue weighted by Crippen LogP contribution is -2.34. The minimum absolute atomic E-state index is 0.0646. The molecule has 0 aliphatic rings. The monoisotopic (exact) mass is 541 g/mol. The molecule has 0 heterocycles. The Morgan fingerprint density at radius 1 is 0.730 bits per heavy atom. The Bertz CT molecular complexity index is 1420. The van der Waals surface area contributed by atoms with E-state index in [4.69, 9.17) is 0 Å². The molecule has 0 bridgehead atoms. The first-order valence-electron chi connectivity index (χ1n) is 11.7. The van der Waals surface area contributed by atoms with Gasteiger partial charge in [0.25, 0.3) is 0 Å². The first-order chi connectivity index (χ1) is 17.6. The van der Waals surface area contributed by atoms with Crippen LogP contribution in [-0.2, 0) is 24.8 Å². The third-order valence-corrected chi connectivity index (χ3v) is 8.45. The summed E-state index contributed by atoms with van der Waals surface area (Å²) in [5.74, 6) is -0.356. The van der Waals surface area contributed by atoms with Gasteiger partial charge in [-0.25, -0.2) is 26.3 Å². The maximum Gasteiger partial charge on any atom is 0.241 e. The van der Waals surface area contributed by atoms with E-state index in [2.05, 4.69) is 14.8 Å². The van der Waals surface area contributed by atoms with E-state index in [1.165, 1.54) is 24.3 Å². The maximum atomic E-state index is 12.9.